The molecule has 0 heterocycles. The average Bonchev–Trinajstić information content (AvgIpc) is 2.37. The van der Waals surface area contributed by atoms with E-state index in [-0.39, 0.29) is 16.0 Å². The molecular formula is C14H11ClF2N2S. The highest BCUT2D eigenvalue weighted by Crippen LogP contribution is 2.23. The van der Waals surface area contributed by atoms with E-state index in [0.717, 1.165) is 5.56 Å². The lowest BCUT2D eigenvalue weighted by atomic mass is 10.2. The van der Waals surface area contributed by atoms with Crippen LogP contribution in [0.25, 0.3) is 0 Å². The summed E-state index contributed by atoms with van der Waals surface area (Å²) in [6.45, 7) is 1.83. The molecule has 0 aliphatic heterocycles. The SMILES string of the molecule is Cc1ccc(F)cc1NC(=S)Nc1ccc(F)cc1Cl. The molecule has 0 fully saturated rings. The predicted molar refractivity (Wildman–Crippen MR) is 82.4 cm³/mol. The van der Waals surface area contributed by atoms with Crippen LogP contribution in [0, 0.1) is 18.6 Å². The summed E-state index contributed by atoms with van der Waals surface area (Å²) in [7, 11) is 0. The number of nitrogens with one attached hydrogen (secondary N) is 2. The smallest absolute Gasteiger partial charge is 0.175 e. The summed E-state index contributed by atoms with van der Waals surface area (Å²) >= 11 is 11.0. The second-order valence-electron chi connectivity index (χ2n) is 4.16. The highest BCUT2D eigenvalue weighted by Gasteiger charge is 2.06. The minimum Gasteiger partial charge on any atom is -0.332 e. The van der Waals surface area contributed by atoms with Crippen LogP contribution in [-0.2, 0) is 0 Å². The molecule has 2 nitrogen and oxygen atoms in total. The maximum absolute atomic E-state index is 13.2. The highest BCUT2D eigenvalue weighted by molar-refractivity contribution is 7.80. The molecule has 0 amide bonds. The van der Waals surface area contributed by atoms with Gasteiger partial charge in [-0.15, -0.1) is 0 Å². The van der Waals surface area contributed by atoms with E-state index in [1.165, 1.54) is 30.3 Å². The Hall–Kier alpha value is -1.72. The molecule has 0 aliphatic carbocycles. The Morgan fingerprint density at radius 1 is 1.00 bits per heavy atom. The van der Waals surface area contributed by atoms with Crippen LogP contribution in [0.4, 0.5) is 20.2 Å². The molecule has 0 atom stereocenters. The molecule has 0 spiro atoms. The minimum absolute atomic E-state index is 0.213. The van der Waals surface area contributed by atoms with Crippen LogP contribution in [0.1, 0.15) is 5.56 Å². The molecule has 0 aromatic heterocycles. The third-order valence-corrected chi connectivity index (χ3v) is 3.14. The molecule has 0 saturated carbocycles. The second kappa shape index (κ2) is 6.15. The number of benzene rings is 2. The van der Waals surface area contributed by atoms with Gasteiger partial charge < -0.3 is 10.6 Å². The molecule has 0 unspecified atom stereocenters. The van der Waals surface area contributed by atoms with Gasteiger partial charge in [-0.25, -0.2) is 8.78 Å². The van der Waals surface area contributed by atoms with Crippen LogP contribution in [0.2, 0.25) is 5.02 Å². The fourth-order valence-electron chi connectivity index (χ4n) is 1.60. The van der Waals surface area contributed by atoms with Crippen molar-refractivity contribution in [3.05, 3.63) is 58.6 Å². The fourth-order valence-corrected chi connectivity index (χ4v) is 2.03. The van der Waals surface area contributed by atoms with Gasteiger partial charge in [0.25, 0.3) is 0 Å². The molecule has 2 aromatic carbocycles. The van der Waals surface area contributed by atoms with Crippen molar-refractivity contribution in [1.82, 2.24) is 0 Å². The number of thiocarbonyl (C=S) groups is 1. The Morgan fingerprint density at radius 2 is 1.60 bits per heavy atom. The van der Waals surface area contributed by atoms with Crippen molar-refractivity contribution in [2.24, 2.45) is 0 Å². The van der Waals surface area contributed by atoms with Crippen molar-refractivity contribution >= 4 is 40.3 Å². The quantitative estimate of drug-likeness (QED) is 0.784. The van der Waals surface area contributed by atoms with Gasteiger partial charge in [0.2, 0.25) is 0 Å². The van der Waals surface area contributed by atoms with Crippen molar-refractivity contribution < 1.29 is 8.78 Å². The Bertz CT molecular complexity index is 662. The molecule has 6 heteroatoms. The van der Waals surface area contributed by atoms with E-state index in [0.29, 0.717) is 11.4 Å². The molecule has 2 N–H and O–H groups in total. The molecule has 0 radical (unpaired) electrons. The van der Waals surface area contributed by atoms with E-state index in [2.05, 4.69) is 10.6 Å². The van der Waals surface area contributed by atoms with Gasteiger partial charge in [0.1, 0.15) is 11.6 Å². The number of hydrogen-bond acceptors (Lipinski definition) is 1. The van der Waals surface area contributed by atoms with Crippen molar-refractivity contribution in [2.75, 3.05) is 10.6 Å². The summed E-state index contributed by atoms with van der Waals surface area (Å²) in [4.78, 5) is 0. The number of aryl methyl sites for hydroxylation is 1. The normalized spacial score (nSPS) is 10.2. The number of hydrogen-bond donors (Lipinski definition) is 2. The molecule has 2 rings (SSSR count). The first-order valence-electron chi connectivity index (χ1n) is 5.75. The lowest BCUT2D eigenvalue weighted by Crippen LogP contribution is -2.20. The Kier molecular flexibility index (Phi) is 4.52. The Balaban J connectivity index is 2.11. The molecule has 20 heavy (non-hydrogen) atoms. The summed E-state index contributed by atoms with van der Waals surface area (Å²) in [6, 6.07) is 8.28. The number of anilines is 2. The standard InChI is InChI=1S/C14H11ClF2N2S/c1-8-2-3-10(17)7-13(8)19-14(20)18-12-5-4-9(16)6-11(12)15/h2-7H,1H3,(H2,18,19,20). The Morgan fingerprint density at radius 3 is 2.30 bits per heavy atom. The fraction of sp³-hybridized carbons (Fsp3) is 0.0714. The van der Waals surface area contributed by atoms with E-state index >= 15 is 0 Å². The van der Waals surface area contributed by atoms with E-state index < -0.39 is 5.82 Å². The van der Waals surface area contributed by atoms with Crippen molar-refractivity contribution in [1.29, 1.82) is 0 Å². The van der Waals surface area contributed by atoms with E-state index in [9.17, 15) is 8.78 Å². The first-order chi connectivity index (χ1) is 9.45. The molecule has 104 valence electrons. The zero-order chi connectivity index (χ0) is 14.7. The van der Waals surface area contributed by atoms with Gasteiger partial charge in [-0.2, -0.15) is 0 Å². The zero-order valence-corrected chi connectivity index (χ0v) is 12.1. The van der Waals surface area contributed by atoms with Gasteiger partial charge >= 0.3 is 0 Å². The third kappa shape index (κ3) is 3.65. The van der Waals surface area contributed by atoms with Gasteiger partial charge in [0.05, 0.1) is 10.7 Å². The molecule has 0 saturated heterocycles. The van der Waals surface area contributed by atoms with Gasteiger partial charge in [-0.05, 0) is 55.0 Å². The zero-order valence-electron chi connectivity index (χ0n) is 10.5. The lowest BCUT2D eigenvalue weighted by Gasteiger charge is -2.13. The monoisotopic (exact) mass is 312 g/mol. The van der Waals surface area contributed by atoms with Gasteiger partial charge in [-0.1, -0.05) is 17.7 Å². The first-order valence-corrected chi connectivity index (χ1v) is 6.53. The third-order valence-electron chi connectivity index (χ3n) is 2.63. The maximum atomic E-state index is 13.2. The summed E-state index contributed by atoms with van der Waals surface area (Å²) in [5, 5.41) is 6.16. The van der Waals surface area contributed by atoms with E-state index in [4.69, 9.17) is 23.8 Å². The summed E-state index contributed by atoms with van der Waals surface area (Å²) in [5.74, 6) is -0.791. The molecule has 2 aromatic rings. The van der Waals surface area contributed by atoms with Gasteiger partial charge in [0.15, 0.2) is 5.11 Å². The summed E-state index contributed by atoms with van der Waals surface area (Å²) < 4.78 is 26.1. The predicted octanol–water partition coefficient (Wildman–Crippen LogP) is 4.74. The summed E-state index contributed by atoms with van der Waals surface area (Å²) in [5.41, 5.74) is 1.88. The van der Waals surface area contributed by atoms with Crippen LogP contribution in [0.3, 0.4) is 0 Å². The molecular weight excluding hydrogens is 302 g/mol. The van der Waals surface area contributed by atoms with Gasteiger partial charge in [-0.3, -0.25) is 0 Å². The van der Waals surface area contributed by atoms with Crippen molar-refractivity contribution in [3.63, 3.8) is 0 Å². The van der Waals surface area contributed by atoms with Crippen molar-refractivity contribution in [3.8, 4) is 0 Å². The average molecular weight is 313 g/mol. The van der Waals surface area contributed by atoms with Crippen LogP contribution < -0.4 is 10.6 Å². The van der Waals surface area contributed by atoms with Crippen LogP contribution in [0.15, 0.2) is 36.4 Å². The topological polar surface area (TPSA) is 24.1 Å². The summed E-state index contributed by atoms with van der Waals surface area (Å²) in [6.07, 6.45) is 0. The first kappa shape index (κ1) is 14.7. The van der Waals surface area contributed by atoms with Crippen LogP contribution >= 0.6 is 23.8 Å². The molecule has 0 bridgehead atoms. The van der Waals surface area contributed by atoms with E-state index in [1.807, 2.05) is 6.92 Å². The second-order valence-corrected chi connectivity index (χ2v) is 4.98. The maximum Gasteiger partial charge on any atom is 0.175 e. The largest absolute Gasteiger partial charge is 0.332 e. The molecule has 0 aliphatic rings. The highest BCUT2D eigenvalue weighted by atomic mass is 35.5. The van der Waals surface area contributed by atoms with Crippen molar-refractivity contribution in [2.45, 2.75) is 6.92 Å². The van der Waals surface area contributed by atoms with Gasteiger partial charge in [0, 0.05) is 5.69 Å². The van der Waals surface area contributed by atoms with Crippen LogP contribution in [-0.4, -0.2) is 5.11 Å². The Labute approximate surface area is 125 Å². The number of rotatable bonds is 2. The number of halogens is 3. The lowest BCUT2D eigenvalue weighted by molar-refractivity contribution is 0.627. The van der Waals surface area contributed by atoms with E-state index in [1.54, 1.807) is 6.07 Å². The van der Waals surface area contributed by atoms with Crippen LogP contribution in [0.5, 0.6) is 0 Å². The minimum atomic E-state index is -0.430.